The van der Waals surface area contributed by atoms with Crippen LogP contribution >= 0.6 is 0 Å². The molecule has 2 nitrogen and oxygen atoms in total. The summed E-state index contributed by atoms with van der Waals surface area (Å²) in [4.78, 5) is 0. The van der Waals surface area contributed by atoms with Crippen LogP contribution in [-0.4, -0.2) is 24.7 Å². The fraction of sp³-hybridized carbons (Fsp3) is 1.00. The zero-order valence-electron chi connectivity index (χ0n) is 12.8. The van der Waals surface area contributed by atoms with E-state index in [1.54, 1.807) is 0 Å². The number of nitrogens with one attached hydrogen (secondary N) is 2. The van der Waals surface area contributed by atoms with Crippen LogP contribution in [-0.2, 0) is 0 Å². The normalized spacial score (nSPS) is 47.7. The van der Waals surface area contributed by atoms with E-state index in [9.17, 15) is 0 Å². The van der Waals surface area contributed by atoms with Crippen LogP contribution in [0.5, 0.6) is 0 Å². The largest absolute Gasteiger partial charge is 0.314 e. The highest BCUT2D eigenvalue weighted by molar-refractivity contribution is 4.95. The summed E-state index contributed by atoms with van der Waals surface area (Å²) in [5.41, 5.74) is 0. The van der Waals surface area contributed by atoms with Crippen molar-refractivity contribution in [3.05, 3.63) is 0 Å². The second kappa shape index (κ2) is 6.13. The second-order valence-electron chi connectivity index (χ2n) is 7.57. The SMILES string of the molecule is CC1CCC(NC2CCCC2C2CCCN2)C(C)C1. The molecular weight excluding hydrogens is 232 g/mol. The van der Waals surface area contributed by atoms with E-state index in [1.807, 2.05) is 0 Å². The van der Waals surface area contributed by atoms with Gasteiger partial charge in [0.05, 0.1) is 0 Å². The third kappa shape index (κ3) is 3.16. The monoisotopic (exact) mass is 264 g/mol. The molecular formula is C17H32N2. The lowest BCUT2D eigenvalue weighted by atomic mass is 9.79. The van der Waals surface area contributed by atoms with E-state index < -0.39 is 0 Å². The summed E-state index contributed by atoms with van der Waals surface area (Å²) in [6, 6.07) is 2.41. The number of hydrogen-bond acceptors (Lipinski definition) is 2. The molecule has 2 heteroatoms. The Balaban J connectivity index is 1.56. The number of hydrogen-bond donors (Lipinski definition) is 2. The van der Waals surface area contributed by atoms with E-state index in [0.29, 0.717) is 0 Å². The lowest BCUT2D eigenvalue weighted by Gasteiger charge is -2.37. The van der Waals surface area contributed by atoms with Crippen LogP contribution in [0.2, 0.25) is 0 Å². The average Bonchev–Trinajstić information content (AvgIpc) is 3.03. The maximum absolute atomic E-state index is 4.08. The molecule has 3 fully saturated rings. The highest BCUT2D eigenvalue weighted by Gasteiger charge is 2.37. The zero-order chi connectivity index (χ0) is 13.2. The molecule has 19 heavy (non-hydrogen) atoms. The molecule has 0 bridgehead atoms. The van der Waals surface area contributed by atoms with Gasteiger partial charge in [-0.05, 0) is 69.2 Å². The molecule has 0 amide bonds. The first-order valence-electron chi connectivity index (χ1n) is 8.73. The van der Waals surface area contributed by atoms with Gasteiger partial charge in [-0.25, -0.2) is 0 Å². The van der Waals surface area contributed by atoms with Gasteiger partial charge in [-0.1, -0.05) is 20.3 Å². The molecule has 0 aromatic rings. The predicted octanol–water partition coefficient (Wildman–Crippen LogP) is 3.32. The molecule has 0 aromatic carbocycles. The first kappa shape index (κ1) is 13.9. The Bertz CT molecular complexity index is 285. The van der Waals surface area contributed by atoms with Gasteiger partial charge < -0.3 is 10.6 Å². The van der Waals surface area contributed by atoms with Crippen LogP contribution in [0.15, 0.2) is 0 Å². The van der Waals surface area contributed by atoms with Crippen molar-refractivity contribution in [2.75, 3.05) is 6.54 Å². The maximum Gasteiger partial charge on any atom is 0.0113 e. The molecule has 1 saturated heterocycles. The molecule has 6 atom stereocenters. The van der Waals surface area contributed by atoms with E-state index in [4.69, 9.17) is 0 Å². The second-order valence-corrected chi connectivity index (χ2v) is 7.57. The van der Waals surface area contributed by atoms with Crippen LogP contribution in [0.3, 0.4) is 0 Å². The van der Waals surface area contributed by atoms with Crippen molar-refractivity contribution in [1.82, 2.24) is 10.6 Å². The third-order valence-corrected chi connectivity index (χ3v) is 6.04. The van der Waals surface area contributed by atoms with Crippen LogP contribution < -0.4 is 10.6 Å². The molecule has 1 heterocycles. The van der Waals surface area contributed by atoms with Crippen LogP contribution in [0.25, 0.3) is 0 Å². The Hall–Kier alpha value is -0.0800. The van der Waals surface area contributed by atoms with Crippen molar-refractivity contribution in [2.45, 2.75) is 83.3 Å². The van der Waals surface area contributed by atoms with E-state index in [1.165, 1.54) is 57.9 Å². The molecule has 2 aliphatic carbocycles. The summed E-state index contributed by atoms with van der Waals surface area (Å²) >= 11 is 0. The van der Waals surface area contributed by atoms with Gasteiger partial charge >= 0.3 is 0 Å². The van der Waals surface area contributed by atoms with E-state index in [0.717, 1.165) is 35.9 Å². The molecule has 3 aliphatic rings. The summed E-state index contributed by atoms with van der Waals surface area (Å²) in [6.45, 7) is 6.14. The highest BCUT2D eigenvalue weighted by atomic mass is 15.0. The van der Waals surface area contributed by atoms with E-state index in [2.05, 4.69) is 24.5 Å². The van der Waals surface area contributed by atoms with Gasteiger partial charge in [0.25, 0.3) is 0 Å². The van der Waals surface area contributed by atoms with Gasteiger partial charge in [-0.15, -0.1) is 0 Å². The predicted molar refractivity (Wildman–Crippen MR) is 81.3 cm³/mol. The van der Waals surface area contributed by atoms with Crippen LogP contribution in [0, 0.1) is 17.8 Å². The molecule has 110 valence electrons. The van der Waals surface area contributed by atoms with Gasteiger partial charge in [0, 0.05) is 18.1 Å². The van der Waals surface area contributed by atoms with Crippen molar-refractivity contribution in [3.63, 3.8) is 0 Å². The molecule has 0 spiro atoms. The van der Waals surface area contributed by atoms with Gasteiger partial charge in [0.15, 0.2) is 0 Å². The Morgan fingerprint density at radius 3 is 2.53 bits per heavy atom. The summed E-state index contributed by atoms with van der Waals surface area (Å²) in [5.74, 6) is 2.74. The first-order chi connectivity index (χ1) is 9.24. The smallest absolute Gasteiger partial charge is 0.0113 e. The molecule has 1 aliphatic heterocycles. The van der Waals surface area contributed by atoms with Crippen molar-refractivity contribution in [1.29, 1.82) is 0 Å². The average molecular weight is 264 g/mol. The molecule has 2 N–H and O–H groups in total. The topological polar surface area (TPSA) is 24.1 Å². The van der Waals surface area contributed by atoms with Gasteiger partial charge in [0.2, 0.25) is 0 Å². The third-order valence-electron chi connectivity index (χ3n) is 6.04. The van der Waals surface area contributed by atoms with E-state index in [-0.39, 0.29) is 0 Å². The fourth-order valence-electron chi connectivity index (χ4n) is 4.94. The molecule has 0 radical (unpaired) electrons. The maximum atomic E-state index is 4.08. The van der Waals surface area contributed by atoms with Crippen LogP contribution in [0.4, 0.5) is 0 Å². The molecule has 2 saturated carbocycles. The van der Waals surface area contributed by atoms with Gasteiger partial charge in [-0.3, -0.25) is 0 Å². The quantitative estimate of drug-likeness (QED) is 0.817. The van der Waals surface area contributed by atoms with Crippen molar-refractivity contribution >= 4 is 0 Å². The van der Waals surface area contributed by atoms with E-state index >= 15 is 0 Å². The standard InChI is InChI=1S/C17H32N2/c1-12-8-9-15(13(2)11-12)19-17-6-3-5-14(17)16-7-4-10-18-16/h12-19H,3-11H2,1-2H3. The van der Waals surface area contributed by atoms with Crippen LogP contribution in [0.1, 0.15) is 65.2 Å². The summed E-state index contributed by atoms with van der Waals surface area (Å²) < 4.78 is 0. The zero-order valence-corrected chi connectivity index (χ0v) is 12.8. The lowest BCUT2D eigenvalue weighted by Crippen LogP contribution is -2.49. The fourth-order valence-corrected chi connectivity index (χ4v) is 4.94. The minimum absolute atomic E-state index is 0.795. The Labute approximate surface area is 119 Å². The molecule has 6 unspecified atom stereocenters. The van der Waals surface area contributed by atoms with Crippen molar-refractivity contribution < 1.29 is 0 Å². The summed E-state index contributed by atoms with van der Waals surface area (Å²) in [5, 5.41) is 7.82. The van der Waals surface area contributed by atoms with Gasteiger partial charge in [-0.2, -0.15) is 0 Å². The Morgan fingerprint density at radius 2 is 1.79 bits per heavy atom. The van der Waals surface area contributed by atoms with Crippen molar-refractivity contribution in [3.8, 4) is 0 Å². The Morgan fingerprint density at radius 1 is 0.895 bits per heavy atom. The Kier molecular flexibility index (Phi) is 4.48. The molecule has 0 aromatic heterocycles. The minimum atomic E-state index is 0.795. The molecule has 3 rings (SSSR count). The summed E-state index contributed by atoms with van der Waals surface area (Å²) in [6.07, 6.45) is 11.4. The van der Waals surface area contributed by atoms with Gasteiger partial charge in [0.1, 0.15) is 0 Å². The number of rotatable bonds is 3. The van der Waals surface area contributed by atoms with Crippen molar-refractivity contribution in [2.24, 2.45) is 17.8 Å². The first-order valence-corrected chi connectivity index (χ1v) is 8.73. The minimum Gasteiger partial charge on any atom is -0.314 e. The summed E-state index contributed by atoms with van der Waals surface area (Å²) in [7, 11) is 0. The highest BCUT2D eigenvalue weighted by Crippen LogP contribution is 2.35. The lowest BCUT2D eigenvalue weighted by molar-refractivity contribution is 0.192.